The number of para-hydroxylation sites is 1. The van der Waals surface area contributed by atoms with Crippen LogP contribution in [0.25, 0.3) is 0 Å². The summed E-state index contributed by atoms with van der Waals surface area (Å²) in [7, 11) is 0. The highest BCUT2D eigenvalue weighted by molar-refractivity contribution is 9.09. The summed E-state index contributed by atoms with van der Waals surface area (Å²) in [5.74, 6) is 1.71. The Morgan fingerprint density at radius 3 is 2.57 bits per heavy atom. The van der Waals surface area contributed by atoms with Crippen LogP contribution in [0, 0.1) is 5.92 Å². The molecule has 0 spiro atoms. The van der Waals surface area contributed by atoms with E-state index in [1.54, 1.807) is 0 Å². The first-order valence-corrected chi connectivity index (χ1v) is 6.19. The molecule has 14 heavy (non-hydrogen) atoms. The molecule has 0 heterocycles. The number of rotatable bonds is 6. The van der Waals surface area contributed by atoms with Crippen LogP contribution in [0.1, 0.15) is 19.8 Å². The van der Waals surface area contributed by atoms with Crippen LogP contribution in [0.15, 0.2) is 30.3 Å². The van der Waals surface area contributed by atoms with E-state index < -0.39 is 0 Å². The average molecular weight is 257 g/mol. The molecule has 2 heteroatoms. The number of hydrogen-bond donors (Lipinski definition) is 0. The van der Waals surface area contributed by atoms with Crippen molar-refractivity contribution in [2.75, 3.05) is 11.9 Å². The monoisotopic (exact) mass is 256 g/mol. The van der Waals surface area contributed by atoms with E-state index in [1.807, 2.05) is 30.3 Å². The normalized spacial score (nSPS) is 12.4. The molecule has 0 bridgehead atoms. The van der Waals surface area contributed by atoms with Gasteiger partial charge in [-0.2, -0.15) is 0 Å². The molecule has 1 atom stereocenters. The Labute approximate surface area is 94.6 Å². The standard InChI is InChI=1S/C12H17BrO/c1-11(7-9-13)8-10-14-12-5-3-2-4-6-12/h2-6,11H,7-10H2,1H3. The van der Waals surface area contributed by atoms with E-state index in [1.165, 1.54) is 6.42 Å². The van der Waals surface area contributed by atoms with Crippen LogP contribution in [-0.4, -0.2) is 11.9 Å². The number of ether oxygens (including phenoxy) is 1. The van der Waals surface area contributed by atoms with Gasteiger partial charge in [0.1, 0.15) is 5.75 Å². The van der Waals surface area contributed by atoms with Gasteiger partial charge in [0.15, 0.2) is 0 Å². The van der Waals surface area contributed by atoms with Crippen LogP contribution in [0.4, 0.5) is 0 Å². The molecule has 1 unspecified atom stereocenters. The Balaban J connectivity index is 2.16. The van der Waals surface area contributed by atoms with Gasteiger partial charge in [0.25, 0.3) is 0 Å². The van der Waals surface area contributed by atoms with Crippen molar-refractivity contribution < 1.29 is 4.74 Å². The van der Waals surface area contributed by atoms with Crippen LogP contribution >= 0.6 is 15.9 Å². The number of alkyl halides is 1. The Hall–Kier alpha value is -0.500. The van der Waals surface area contributed by atoms with Crippen LogP contribution in [0.2, 0.25) is 0 Å². The van der Waals surface area contributed by atoms with Gasteiger partial charge >= 0.3 is 0 Å². The molecule has 1 nitrogen and oxygen atoms in total. The van der Waals surface area contributed by atoms with E-state index in [2.05, 4.69) is 22.9 Å². The summed E-state index contributed by atoms with van der Waals surface area (Å²) in [6, 6.07) is 9.99. The maximum atomic E-state index is 5.61. The zero-order chi connectivity index (χ0) is 10.2. The van der Waals surface area contributed by atoms with Crippen molar-refractivity contribution in [1.82, 2.24) is 0 Å². The third kappa shape index (κ3) is 4.66. The van der Waals surface area contributed by atoms with Gasteiger partial charge in [0, 0.05) is 5.33 Å². The number of benzene rings is 1. The van der Waals surface area contributed by atoms with E-state index in [4.69, 9.17) is 4.74 Å². The molecule has 0 fully saturated rings. The summed E-state index contributed by atoms with van der Waals surface area (Å²) in [6.07, 6.45) is 2.35. The molecule has 1 aromatic carbocycles. The predicted molar refractivity (Wildman–Crippen MR) is 64.1 cm³/mol. The van der Waals surface area contributed by atoms with E-state index in [-0.39, 0.29) is 0 Å². The lowest BCUT2D eigenvalue weighted by atomic mass is 10.1. The van der Waals surface area contributed by atoms with Crippen molar-refractivity contribution in [2.45, 2.75) is 19.8 Å². The van der Waals surface area contributed by atoms with Crippen molar-refractivity contribution in [3.8, 4) is 5.75 Å². The maximum Gasteiger partial charge on any atom is 0.119 e. The van der Waals surface area contributed by atoms with Gasteiger partial charge < -0.3 is 4.74 Å². The third-order valence-electron chi connectivity index (χ3n) is 2.22. The fourth-order valence-corrected chi connectivity index (χ4v) is 2.01. The number of hydrogen-bond acceptors (Lipinski definition) is 1. The van der Waals surface area contributed by atoms with Crippen molar-refractivity contribution in [3.63, 3.8) is 0 Å². The van der Waals surface area contributed by atoms with Gasteiger partial charge in [0.05, 0.1) is 6.61 Å². The molecule has 0 aliphatic rings. The SMILES string of the molecule is CC(CCBr)CCOc1ccccc1. The van der Waals surface area contributed by atoms with E-state index >= 15 is 0 Å². The molecular weight excluding hydrogens is 240 g/mol. The Kier molecular flexibility index (Phi) is 5.69. The minimum atomic E-state index is 0.734. The summed E-state index contributed by atoms with van der Waals surface area (Å²) in [6.45, 7) is 3.08. The molecular formula is C12H17BrO. The van der Waals surface area contributed by atoms with E-state index in [0.29, 0.717) is 0 Å². The van der Waals surface area contributed by atoms with Crippen LogP contribution < -0.4 is 4.74 Å². The first kappa shape index (κ1) is 11.6. The maximum absolute atomic E-state index is 5.61. The molecule has 1 rings (SSSR count). The highest BCUT2D eigenvalue weighted by Gasteiger charge is 2.00. The molecule has 78 valence electrons. The molecule has 0 aliphatic heterocycles. The lowest BCUT2D eigenvalue weighted by molar-refractivity contribution is 0.282. The first-order chi connectivity index (χ1) is 6.83. The second kappa shape index (κ2) is 6.88. The van der Waals surface area contributed by atoms with Gasteiger partial charge in [-0.25, -0.2) is 0 Å². The molecule has 1 aromatic rings. The van der Waals surface area contributed by atoms with Gasteiger partial charge in [0.2, 0.25) is 0 Å². The molecule has 0 saturated heterocycles. The average Bonchev–Trinajstić information content (AvgIpc) is 2.20. The fourth-order valence-electron chi connectivity index (χ4n) is 1.23. The van der Waals surface area contributed by atoms with Crippen molar-refractivity contribution in [2.24, 2.45) is 5.92 Å². The Morgan fingerprint density at radius 1 is 1.21 bits per heavy atom. The first-order valence-electron chi connectivity index (χ1n) is 5.06. The van der Waals surface area contributed by atoms with Gasteiger partial charge in [-0.1, -0.05) is 41.1 Å². The number of halogens is 1. The zero-order valence-electron chi connectivity index (χ0n) is 8.58. The summed E-state index contributed by atoms with van der Waals surface area (Å²) < 4.78 is 5.61. The van der Waals surface area contributed by atoms with Gasteiger partial charge in [-0.05, 0) is 30.9 Å². The van der Waals surface area contributed by atoms with E-state index in [9.17, 15) is 0 Å². The van der Waals surface area contributed by atoms with Crippen LogP contribution in [0.3, 0.4) is 0 Å². The highest BCUT2D eigenvalue weighted by Crippen LogP contribution is 2.12. The largest absolute Gasteiger partial charge is 0.494 e. The lowest BCUT2D eigenvalue weighted by Crippen LogP contribution is -2.04. The minimum Gasteiger partial charge on any atom is -0.494 e. The highest BCUT2D eigenvalue weighted by atomic mass is 79.9. The van der Waals surface area contributed by atoms with Crippen molar-refractivity contribution in [1.29, 1.82) is 0 Å². The van der Waals surface area contributed by atoms with Crippen LogP contribution in [-0.2, 0) is 0 Å². The summed E-state index contributed by atoms with van der Waals surface area (Å²) >= 11 is 3.45. The van der Waals surface area contributed by atoms with Crippen molar-refractivity contribution >= 4 is 15.9 Å². The second-order valence-electron chi connectivity index (χ2n) is 3.53. The van der Waals surface area contributed by atoms with E-state index in [0.717, 1.165) is 30.0 Å². The summed E-state index contributed by atoms with van der Waals surface area (Å²) in [4.78, 5) is 0. The molecule has 0 aromatic heterocycles. The van der Waals surface area contributed by atoms with Crippen molar-refractivity contribution in [3.05, 3.63) is 30.3 Å². The third-order valence-corrected chi connectivity index (χ3v) is 2.68. The molecule has 0 aliphatic carbocycles. The summed E-state index contributed by atoms with van der Waals surface area (Å²) in [5, 5.41) is 1.08. The lowest BCUT2D eigenvalue weighted by Gasteiger charge is -2.10. The molecule has 0 saturated carbocycles. The summed E-state index contributed by atoms with van der Waals surface area (Å²) in [5.41, 5.74) is 0. The topological polar surface area (TPSA) is 9.23 Å². The van der Waals surface area contributed by atoms with Gasteiger partial charge in [-0.3, -0.25) is 0 Å². The fraction of sp³-hybridized carbons (Fsp3) is 0.500. The smallest absolute Gasteiger partial charge is 0.119 e. The minimum absolute atomic E-state index is 0.734. The predicted octanol–water partition coefficient (Wildman–Crippen LogP) is 3.88. The molecule has 0 amide bonds. The second-order valence-corrected chi connectivity index (χ2v) is 4.33. The Morgan fingerprint density at radius 2 is 1.93 bits per heavy atom. The zero-order valence-corrected chi connectivity index (χ0v) is 10.2. The molecule has 0 radical (unpaired) electrons. The quantitative estimate of drug-likeness (QED) is 0.703. The van der Waals surface area contributed by atoms with Gasteiger partial charge in [-0.15, -0.1) is 0 Å². The van der Waals surface area contributed by atoms with Crippen LogP contribution in [0.5, 0.6) is 5.75 Å². The Bertz CT molecular complexity index is 235. The molecule has 0 N–H and O–H groups in total.